The van der Waals surface area contributed by atoms with Crippen molar-refractivity contribution in [2.24, 2.45) is 11.3 Å². The van der Waals surface area contributed by atoms with Gasteiger partial charge < -0.3 is 20.5 Å². The van der Waals surface area contributed by atoms with Gasteiger partial charge in [-0.1, -0.05) is 61.9 Å². The standard InChI is InChI=1S/C28H34N2O5/c1-18(25(31)32)8-7-9-19(2)30-26(33)28(14-15-28)17-29-27(34)35-16-24-22-12-5-3-10-20(22)21-11-4-6-13-23(21)24/h3-6,10-13,18-19,24H,7-9,14-17H2,1-2H3,(H,29,34)(H,30,33)(H,31,32). The third-order valence-electron chi connectivity index (χ3n) is 7.32. The molecular formula is C28H34N2O5. The average Bonchev–Trinajstić information content (AvgIpc) is 3.58. The Morgan fingerprint density at radius 2 is 1.60 bits per heavy atom. The fourth-order valence-electron chi connectivity index (χ4n) is 4.83. The topological polar surface area (TPSA) is 105 Å². The van der Waals surface area contributed by atoms with Crippen molar-refractivity contribution in [1.82, 2.24) is 10.6 Å². The van der Waals surface area contributed by atoms with Crippen LogP contribution in [0.25, 0.3) is 11.1 Å². The molecule has 0 heterocycles. The van der Waals surface area contributed by atoms with Gasteiger partial charge in [0.25, 0.3) is 0 Å². The van der Waals surface area contributed by atoms with E-state index in [-0.39, 0.29) is 36.9 Å². The number of amides is 2. The van der Waals surface area contributed by atoms with Crippen molar-refractivity contribution in [3.05, 3.63) is 59.7 Å². The van der Waals surface area contributed by atoms with Crippen molar-refractivity contribution in [2.75, 3.05) is 13.2 Å². The Labute approximate surface area is 206 Å². The van der Waals surface area contributed by atoms with E-state index in [4.69, 9.17) is 9.84 Å². The van der Waals surface area contributed by atoms with Crippen LogP contribution in [0.5, 0.6) is 0 Å². The Balaban J connectivity index is 1.23. The summed E-state index contributed by atoms with van der Waals surface area (Å²) < 4.78 is 5.59. The van der Waals surface area contributed by atoms with Crippen LogP contribution in [0, 0.1) is 11.3 Å². The first-order valence-corrected chi connectivity index (χ1v) is 12.4. The number of hydrogen-bond acceptors (Lipinski definition) is 4. The number of carboxylic acids is 1. The molecule has 7 heteroatoms. The van der Waals surface area contributed by atoms with Crippen molar-refractivity contribution in [3.63, 3.8) is 0 Å². The molecule has 0 spiro atoms. The highest BCUT2D eigenvalue weighted by atomic mass is 16.5. The van der Waals surface area contributed by atoms with Crippen LogP contribution >= 0.6 is 0 Å². The summed E-state index contributed by atoms with van der Waals surface area (Å²) in [6.45, 7) is 4.11. The van der Waals surface area contributed by atoms with E-state index in [1.165, 1.54) is 11.1 Å². The molecule has 2 aromatic carbocycles. The molecule has 0 saturated heterocycles. The van der Waals surface area contributed by atoms with Crippen LogP contribution in [0.4, 0.5) is 4.79 Å². The Bertz CT molecular complexity index is 1050. The van der Waals surface area contributed by atoms with E-state index in [1.54, 1.807) is 6.92 Å². The molecule has 2 aliphatic carbocycles. The van der Waals surface area contributed by atoms with Gasteiger partial charge in [0.1, 0.15) is 6.61 Å². The molecule has 2 unspecified atom stereocenters. The summed E-state index contributed by atoms with van der Waals surface area (Å²) in [6.07, 6.45) is 2.99. The zero-order valence-corrected chi connectivity index (χ0v) is 20.4. The molecular weight excluding hydrogens is 444 g/mol. The number of benzene rings is 2. The first-order valence-electron chi connectivity index (χ1n) is 12.4. The molecule has 2 amide bonds. The molecule has 35 heavy (non-hydrogen) atoms. The molecule has 2 aromatic rings. The minimum absolute atomic E-state index is 0.00368. The number of aliphatic carboxylic acids is 1. The highest BCUT2D eigenvalue weighted by molar-refractivity contribution is 5.86. The van der Waals surface area contributed by atoms with Crippen molar-refractivity contribution in [2.45, 2.75) is 57.9 Å². The second-order valence-corrected chi connectivity index (χ2v) is 10.0. The zero-order chi connectivity index (χ0) is 25.0. The quantitative estimate of drug-likeness (QED) is 0.434. The van der Waals surface area contributed by atoms with Crippen LogP contribution in [0.2, 0.25) is 0 Å². The molecule has 186 valence electrons. The molecule has 7 nitrogen and oxygen atoms in total. The zero-order valence-electron chi connectivity index (χ0n) is 20.4. The molecule has 2 atom stereocenters. The Hall–Kier alpha value is -3.35. The number of hydrogen-bond donors (Lipinski definition) is 3. The van der Waals surface area contributed by atoms with Crippen LogP contribution in [0.15, 0.2) is 48.5 Å². The van der Waals surface area contributed by atoms with E-state index in [0.717, 1.165) is 36.8 Å². The molecule has 0 radical (unpaired) electrons. The lowest BCUT2D eigenvalue weighted by molar-refractivity contribution is -0.141. The Morgan fingerprint density at radius 1 is 1.00 bits per heavy atom. The molecule has 1 fully saturated rings. The molecule has 0 bridgehead atoms. The number of fused-ring (bicyclic) bond motifs is 3. The van der Waals surface area contributed by atoms with Crippen LogP contribution < -0.4 is 10.6 Å². The largest absolute Gasteiger partial charge is 0.481 e. The van der Waals surface area contributed by atoms with Gasteiger partial charge in [-0.3, -0.25) is 9.59 Å². The third-order valence-corrected chi connectivity index (χ3v) is 7.32. The highest BCUT2D eigenvalue weighted by Crippen LogP contribution is 2.46. The van der Waals surface area contributed by atoms with Crippen molar-refractivity contribution < 1.29 is 24.2 Å². The number of nitrogens with one attached hydrogen (secondary N) is 2. The van der Waals surface area contributed by atoms with Gasteiger partial charge in [0.15, 0.2) is 0 Å². The molecule has 0 aromatic heterocycles. The molecule has 3 N–H and O–H groups in total. The fraction of sp³-hybridized carbons (Fsp3) is 0.464. The number of carboxylic acid groups (broad SMARTS) is 1. The van der Waals surface area contributed by atoms with Gasteiger partial charge >= 0.3 is 12.1 Å². The summed E-state index contributed by atoms with van der Waals surface area (Å²) in [7, 11) is 0. The van der Waals surface area contributed by atoms with E-state index in [1.807, 2.05) is 31.2 Å². The SMILES string of the molecule is CC(CCCC(C)C(=O)O)NC(=O)C1(CNC(=O)OCC2c3ccccc3-c3ccccc32)CC1. The maximum Gasteiger partial charge on any atom is 0.407 e. The van der Waals surface area contributed by atoms with E-state index >= 15 is 0 Å². The smallest absolute Gasteiger partial charge is 0.407 e. The molecule has 1 saturated carbocycles. The molecule has 0 aliphatic heterocycles. The molecule has 4 rings (SSSR count). The lowest BCUT2D eigenvalue weighted by atomic mass is 9.98. The fourth-order valence-corrected chi connectivity index (χ4v) is 4.83. The van der Waals surface area contributed by atoms with Crippen LogP contribution in [0.3, 0.4) is 0 Å². The van der Waals surface area contributed by atoms with Crippen LogP contribution in [-0.2, 0) is 14.3 Å². The summed E-state index contributed by atoms with van der Waals surface area (Å²) in [6, 6.07) is 16.3. The number of alkyl carbamates (subject to hydrolysis) is 1. The minimum atomic E-state index is -0.794. The minimum Gasteiger partial charge on any atom is -0.481 e. The van der Waals surface area contributed by atoms with Crippen LogP contribution in [-0.4, -0.2) is 42.3 Å². The Kier molecular flexibility index (Phi) is 7.43. The normalized spacial score (nSPS) is 17.0. The number of ether oxygens (including phenoxy) is 1. The lowest BCUT2D eigenvalue weighted by Crippen LogP contribution is -2.43. The van der Waals surface area contributed by atoms with Gasteiger partial charge in [-0.25, -0.2) is 4.79 Å². The van der Waals surface area contributed by atoms with Crippen molar-refractivity contribution in [3.8, 4) is 11.1 Å². The summed E-state index contributed by atoms with van der Waals surface area (Å²) in [5, 5.41) is 14.8. The van der Waals surface area contributed by atoms with Gasteiger partial charge in [0.2, 0.25) is 5.91 Å². The first kappa shape index (κ1) is 24.8. The lowest BCUT2D eigenvalue weighted by Gasteiger charge is -2.21. The van der Waals surface area contributed by atoms with Gasteiger partial charge in [0.05, 0.1) is 11.3 Å². The van der Waals surface area contributed by atoms with E-state index in [0.29, 0.717) is 6.42 Å². The van der Waals surface area contributed by atoms with Crippen molar-refractivity contribution in [1.29, 1.82) is 0 Å². The van der Waals surface area contributed by atoms with Gasteiger partial charge in [0, 0.05) is 18.5 Å². The van der Waals surface area contributed by atoms with Gasteiger partial charge in [-0.2, -0.15) is 0 Å². The summed E-state index contributed by atoms with van der Waals surface area (Å²) in [5.74, 6) is -1.24. The van der Waals surface area contributed by atoms with Crippen LogP contribution in [0.1, 0.15) is 63.0 Å². The summed E-state index contributed by atoms with van der Waals surface area (Å²) in [4.78, 5) is 36.2. The van der Waals surface area contributed by atoms with Crippen molar-refractivity contribution >= 4 is 18.0 Å². The second kappa shape index (κ2) is 10.5. The number of carbonyl (C=O) groups is 3. The predicted octanol–water partition coefficient (Wildman–Crippen LogP) is 4.70. The first-order chi connectivity index (χ1) is 16.8. The third kappa shape index (κ3) is 5.66. The molecule has 2 aliphatic rings. The maximum atomic E-state index is 12.8. The second-order valence-electron chi connectivity index (χ2n) is 10.0. The van der Waals surface area contributed by atoms with Gasteiger partial charge in [-0.05, 0) is 54.9 Å². The van der Waals surface area contributed by atoms with E-state index in [2.05, 4.69) is 34.9 Å². The van der Waals surface area contributed by atoms with Gasteiger partial charge in [-0.15, -0.1) is 0 Å². The monoisotopic (exact) mass is 478 g/mol. The summed E-state index contributed by atoms with van der Waals surface area (Å²) in [5.41, 5.74) is 4.10. The Morgan fingerprint density at radius 3 is 2.17 bits per heavy atom. The van der Waals surface area contributed by atoms with E-state index < -0.39 is 17.5 Å². The summed E-state index contributed by atoms with van der Waals surface area (Å²) >= 11 is 0. The predicted molar refractivity (Wildman–Crippen MR) is 133 cm³/mol. The number of carbonyl (C=O) groups excluding carboxylic acids is 2. The average molecular weight is 479 g/mol. The number of rotatable bonds is 11. The van der Waals surface area contributed by atoms with E-state index in [9.17, 15) is 14.4 Å². The highest BCUT2D eigenvalue weighted by Gasteiger charge is 2.50. The maximum absolute atomic E-state index is 12.8.